The third-order valence-electron chi connectivity index (χ3n) is 8.39. The number of amides is 2. The van der Waals surface area contributed by atoms with Gasteiger partial charge in [0.25, 0.3) is 16.8 Å². The van der Waals surface area contributed by atoms with Crippen LogP contribution in [0.2, 0.25) is 0 Å². The van der Waals surface area contributed by atoms with E-state index < -0.39 is 17.8 Å². The van der Waals surface area contributed by atoms with Gasteiger partial charge in [-0.1, -0.05) is 59.9 Å². The van der Waals surface area contributed by atoms with Crippen LogP contribution in [-0.4, -0.2) is 41.3 Å². The maximum atomic E-state index is 12.5. The summed E-state index contributed by atoms with van der Waals surface area (Å²) < 4.78 is 3.78. The molecule has 0 spiro atoms. The van der Waals surface area contributed by atoms with Crippen LogP contribution in [0.4, 0.5) is 11.4 Å². The number of carbonyl (C=O) groups excluding carboxylic acids is 3. The van der Waals surface area contributed by atoms with E-state index in [9.17, 15) is 14.4 Å². The molecule has 0 bridgehead atoms. The number of rotatable bonds is 8. The number of imide groups is 1. The maximum Gasteiger partial charge on any atom is 0.333 e. The van der Waals surface area contributed by atoms with E-state index in [2.05, 4.69) is 81.1 Å². The number of benzene rings is 3. The molecule has 1 aromatic heterocycles. The first kappa shape index (κ1) is 28.0. The molecule has 1 saturated heterocycles. The summed E-state index contributed by atoms with van der Waals surface area (Å²) in [7, 11) is 2.02. The Morgan fingerprint density at radius 1 is 0.977 bits per heavy atom. The minimum atomic E-state index is -0.583. The third-order valence-corrected chi connectivity index (χ3v) is 9.49. The first-order chi connectivity index (χ1) is 21.5. The summed E-state index contributed by atoms with van der Waals surface area (Å²) in [6.07, 6.45) is 7.54. The van der Waals surface area contributed by atoms with Crippen molar-refractivity contribution in [3.05, 3.63) is 101 Å². The van der Waals surface area contributed by atoms with E-state index in [0.717, 1.165) is 47.7 Å². The van der Waals surface area contributed by atoms with Crippen LogP contribution in [0, 0.1) is 0 Å². The minimum absolute atomic E-state index is 0.0817. The second-order valence-electron chi connectivity index (χ2n) is 11.3. The summed E-state index contributed by atoms with van der Waals surface area (Å²) >= 11 is 1.83. The molecule has 2 amide bonds. The molecule has 0 N–H and O–H groups in total. The lowest BCUT2D eigenvalue weighted by Gasteiger charge is -2.38. The van der Waals surface area contributed by atoms with E-state index in [1.807, 2.05) is 36.6 Å². The summed E-state index contributed by atoms with van der Waals surface area (Å²) in [6, 6.07) is 25.4. The molecule has 9 heteroatoms. The van der Waals surface area contributed by atoms with Gasteiger partial charge in [0.15, 0.2) is 6.54 Å². The molecule has 0 unspecified atom stereocenters. The van der Waals surface area contributed by atoms with Gasteiger partial charge in [-0.05, 0) is 48.8 Å². The number of allylic oxidation sites excluding steroid dienone is 2. The summed E-state index contributed by atoms with van der Waals surface area (Å²) in [5, 5.41) is 1.85. The SMILES string of the molecule is CN(CCCC(=O)ON1C(=O)CCC1=O)C1=C/C(=C\c2sc3cccc4c3[n+]2CCC4)c2ccccc2N1c1ccccc1. The third kappa shape index (κ3) is 5.17. The molecule has 0 aliphatic carbocycles. The molecular formula is C35H33N4O4S+. The molecular weight excluding hydrogens is 572 g/mol. The smallest absolute Gasteiger partial charge is 0.333 e. The van der Waals surface area contributed by atoms with E-state index >= 15 is 0 Å². The molecule has 3 aliphatic rings. The Balaban J connectivity index is 1.22. The van der Waals surface area contributed by atoms with E-state index in [1.165, 1.54) is 20.8 Å². The fraction of sp³-hybridized carbons (Fsp3) is 0.257. The Morgan fingerprint density at radius 3 is 2.57 bits per heavy atom. The van der Waals surface area contributed by atoms with E-state index in [-0.39, 0.29) is 19.3 Å². The summed E-state index contributed by atoms with van der Waals surface area (Å²) in [4.78, 5) is 45.7. The van der Waals surface area contributed by atoms with Gasteiger partial charge in [0.05, 0.1) is 5.69 Å². The Kier molecular flexibility index (Phi) is 7.47. The van der Waals surface area contributed by atoms with Gasteiger partial charge < -0.3 is 9.74 Å². The average Bonchev–Trinajstić information content (AvgIpc) is 3.56. The summed E-state index contributed by atoms with van der Waals surface area (Å²) in [5.41, 5.74) is 7.18. The summed E-state index contributed by atoms with van der Waals surface area (Å²) in [5.74, 6) is -0.529. The average molecular weight is 606 g/mol. The lowest BCUT2D eigenvalue weighted by atomic mass is 9.97. The molecule has 0 radical (unpaired) electrons. The van der Waals surface area contributed by atoms with Crippen molar-refractivity contribution in [2.75, 3.05) is 18.5 Å². The Labute approximate surface area is 260 Å². The number of hydrogen-bond acceptors (Lipinski definition) is 7. The van der Waals surface area contributed by atoms with Crippen molar-refractivity contribution in [1.82, 2.24) is 9.96 Å². The van der Waals surface area contributed by atoms with Crippen LogP contribution in [0.15, 0.2) is 84.7 Å². The summed E-state index contributed by atoms with van der Waals surface area (Å²) in [6.45, 7) is 1.57. The number of thiazole rings is 1. The fourth-order valence-electron chi connectivity index (χ4n) is 6.27. The lowest BCUT2D eigenvalue weighted by molar-refractivity contribution is -0.671. The van der Waals surface area contributed by atoms with Crippen molar-refractivity contribution in [2.45, 2.75) is 45.1 Å². The highest BCUT2D eigenvalue weighted by atomic mass is 32.1. The second kappa shape index (κ2) is 11.7. The molecule has 0 atom stereocenters. The lowest BCUT2D eigenvalue weighted by Crippen LogP contribution is -2.38. The van der Waals surface area contributed by atoms with Crippen LogP contribution < -0.4 is 9.47 Å². The first-order valence-electron chi connectivity index (χ1n) is 15.1. The zero-order valence-electron chi connectivity index (χ0n) is 24.6. The molecule has 0 saturated carbocycles. The molecule has 7 rings (SSSR count). The van der Waals surface area contributed by atoms with E-state index in [4.69, 9.17) is 4.84 Å². The van der Waals surface area contributed by atoms with Crippen molar-refractivity contribution < 1.29 is 23.8 Å². The molecule has 4 heterocycles. The molecule has 3 aliphatic heterocycles. The molecule has 4 aromatic rings. The number of nitrogens with zero attached hydrogens (tertiary/aromatic N) is 4. The predicted molar refractivity (Wildman–Crippen MR) is 170 cm³/mol. The Bertz CT molecular complexity index is 1830. The van der Waals surface area contributed by atoms with Gasteiger partial charge in [-0.25, -0.2) is 4.79 Å². The van der Waals surface area contributed by atoms with Gasteiger partial charge in [0.1, 0.15) is 10.5 Å². The van der Waals surface area contributed by atoms with Gasteiger partial charge in [0.2, 0.25) is 5.52 Å². The highest BCUT2D eigenvalue weighted by Gasteiger charge is 2.33. The van der Waals surface area contributed by atoms with Gasteiger partial charge in [-0.2, -0.15) is 4.57 Å². The van der Waals surface area contributed by atoms with Gasteiger partial charge >= 0.3 is 5.97 Å². The monoisotopic (exact) mass is 605 g/mol. The Morgan fingerprint density at radius 2 is 1.75 bits per heavy atom. The van der Waals surface area contributed by atoms with E-state index in [1.54, 1.807) is 0 Å². The van der Waals surface area contributed by atoms with E-state index in [0.29, 0.717) is 18.0 Å². The number of aryl methyl sites for hydroxylation is 2. The van der Waals surface area contributed by atoms with Crippen LogP contribution in [0.25, 0.3) is 21.9 Å². The second-order valence-corrected chi connectivity index (χ2v) is 12.4. The standard InChI is InChI=1S/C35H33N4O4S/c1-36(20-9-17-34(42)43-39-31(40)18-19-32(39)41)30-22-25(23-33-37-21-8-11-24-10-7-16-29(44-33)35(24)37)27-14-5-6-15-28(27)38(30)26-12-3-2-4-13-26/h2-7,10,12-16,22-23H,8-9,11,17-21H2,1H3/q+1. The number of aromatic nitrogens is 1. The number of carbonyl (C=O) groups is 3. The number of para-hydroxylation sites is 3. The molecule has 44 heavy (non-hydrogen) atoms. The highest BCUT2D eigenvalue weighted by molar-refractivity contribution is 7.19. The van der Waals surface area contributed by atoms with Crippen LogP contribution in [0.1, 0.15) is 48.2 Å². The molecule has 222 valence electrons. The molecule has 8 nitrogen and oxygen atoms in total. The highest BCUT2D eigenvalue weighted by Crippen LogP contribution is 2.42. The van der Waals surface area contributed by atoms with Crippen LogP contribution in [0.3, 0.4) is 0 Å². The minimum Gasteiger partial charge on any atom is -0.361 e. The Hall–Kier alpha value is -4.76. The largest absolute Gasteiger partial charge is 0.361 e. The zero-order chi connectivity index (χ0) is 30.2. The van der Waals surface area contributed by atoms with Crippen molar-refractivity contribution in [3.8, 4) is 0 Å². The number of fused-ring (bicyclic) bond motifs is 1. The van der Waals surface area contributed by atoms with Crippen molar-refractivity contribution in [2.24, 2.45) is 0 Å². The molecule has 3 aromatic carbocycles. The number of hydroxylamine groups is 2. The van der Waals surface area contributed by atoms with Crippen LogP contribution >= 0.6 is 11.3 Å². The number of anilines is 2. The van der Waals surface area contributed by atoms with Gasteiger partial charge in [-0.15, -0.1) is 5.06 Å². The van der Waals surface area contributed by atoms with Gasteiger partial charge in [-0.3, -0.25) is 14.5 Å². The number of hydrogen-bond donors (Lipinski definition) is 0. The van der Waals surface area contributed by atoms with Crippen LogP contribution in [0.5, 0.6) is 0 Å². The quantitative estimate of drug-likeness (QED) is 0.182. The first-order valence-corrected chi connectivity index (χ1v) is 15.9. The normalized spacial score (nSPS) is 16.8. The van der Waals surface area contributed by atoms with Crippen molar-refractivity contribution in [3.63, 3.8) is 0 Å². The zero-order valence-corrected chi connectivity index (χ0v) is 25.4. The van der Waals surface area contributed by atoms with Crippen LogP contribution in [-0.2, 0) is 32.2 Å². The van der Waals surface area contributed by atoms with Crippen molar-refractivity contribution >= 4 is 62.4 Å². The topological polar surface area (TPSA) is 74.0 Å². The molecule has 1 fully saturated rings. The van der Waals surface area contributed by atoms with Gasteiger partial charge in [0, 0.05) is 62.2 Å². The fourth-order valence-corrected chi connectivity index (χ4v) is 7.46. The maximum absolute atomic E-state index is 12.5. The predicted octanol–water partition coefficient (Wildman–Crippen LogP) is 5.99. The van der Waals surface area contributed by atoms with Crippen molar-refractivity contribution in [1.29, 1.82) is 0 Å².